The fraction of sp³-hybridized carbons (Fsp3) is 0.235. The van der Waals surface area contributed by atoms with Gasteiger partial charge >= 0.3 is 0 Å². The molecule has 2 N–H and O–H groups in total. The largest absolute Gasteiger partial charge is 0.489 e. The van der Waals surface area contributed by atoms with Gasteiger partial charge in [0.1, 0.15) is 18.2 Å². The van der Waals surface area contributed by atoms with E-state index in [2.05, 4.69) is 0 Å². The Hall–Kier alpha value is -2.38. The number of nitrogens with zero attached hydrogens (tertiary/aromatic N) is 1. The highest BCUT2D eigenvalue weighted by Crippen LogP contribution is 2.32. The standard InChI is InChI=1S/C17H15FN2O/c18-14-6-11(9-19)5-12(7-14)10-21-15-2-3-16-13(8-15)1-4-17(16)20/h2-3,5-8,17H,1,4,10,20H2/t17-/m1/s1. The minimum atomic E-state index is -0.424. The molecule has 0 aliphatic heterocycles. The van der Waals surface area contributed by atoms with Crippen LogP contribution in [0, 0.1) is 17.1 Å². The van der Waals surface area contributed by atoms with E-state index in [9.17, 15) is 4.39 Å². The first kappa shape index (κ1) is 13.6. The van der Waals surface area contributed by atoms with Gasteiger partial charge in [0, 0.05) is 6.04 Å². The molecular formula is C17H15FN2O. The van der Waals surface area contributed by atoms with Crippen molar-refractivity contribution in [2.24, 2.45) is 5.73 Å². The first-order valence-corrected chi connectivity index (χ1v) is 6.86. The minimum absolute atomic E-state index is 0.121. The number of rotatable bonds is 3. The number of nitriles is 1. The van der Waals surface area contributed by atoms with Crippen molar-refractivity contribution < 1.29 is 9.13 Å². The van der Waals surface area contributed by atoms with E-state index < -0.39 is 5.82 Å². The van der Waals surface area contributed by atoms with Gasteiger partial charge in [-0.2, -0.15) is 5.26 Å². The van der Waals surface area contributed by atoms with Gasteiger partial charge in [-0.05, 0) is 59.9 Å². The van der Waals surface area contributed by atoms with Gasteiger partial charge in [-0.3, -0.25) is 0 Å². The summed E-state index contributed by atoms with van der Waals surface area (Å²) >= 11 is 0. The Morgan fingerprint density at radius 3 is 2.95 bits per heavy atom. The highest BCUT2D eigenvalue weighted by molar-refractivity contribution is 5.40. The number of halogens is 1. The molecule has 106 valence electrons. The Morgan fingerprint density at radius 1 is 1.29 bits per heavy atom. The lowest BCUT2D eigenvalue weighted by Crippen LogP contribution is -2.05. The van der Waals surface area contributed by atoms with Crippen molar-refractivity contribution in [1.29, 1.82) is 5.26 Å². The molecule has 1 atom stereocenters. The second-order valence-electron chi connectivity index (χ2n) is 5.25. The summed E-state index contributed by atoms with van der Waals surface area (Å²) in [6.45, 7) is 0.233. The zero-order valence-electron chi connectivity index (χ0n) is 11.5. The Morgan fingerprint density at radius 2 is 2.14 bits per heavy atom. The van der Waals surface area contributed by atoms with Crippen LogP contribution in [0.1, 0.15) is 34.7 Å². The third-order valence-electron chi connectivity index (χ3n) is 3.73. The van der Waals surface area contributed by atoms with Gasteiger partial charge in [0.25, 0.3) is 0 Å². The van der Waals surface area contributed by atoms with Gasteiger partial charge in [-0.1, -0.05) is 6.07 Å². The average molecular weight is 282 g/mol. The Kier molecular flexibility index (Phi) is 3.59. The van der Waals surface area contributed by atoms with E-state index in [0.29, 0.717) is 11.1 Å². The van der Waals surface area contributed by atoms with Crippen LogP contribution in [-0.2, 0) is 13.0 Å². The second kappa shape index (κ2) is 5.55. The van der Waals surface area contributed by atoms with Crippen molar-refractivity contribution in [3.05, 3.63) is 64.5 Å². The zero-order valence-corrected chi connectivity index (χ0v) is 11.5. The normalized spacial score (nSPS) is 16.3. The van der Waals surface area contributed by atoms with Crippen LogP contribution in [-0.4, -0.2) is 0 Å². The minimum Gasteiger partial charge on any atom is -0.489 e. The van der Waals surface area contributed by atoms with Gasteiger partial charge in [0.05, 0.1) is 11.6 Å². The van der Waals surface area contributed by atoms with Crippen molar-refractivity contribution in [2.75, 3.05) is 0 Å². The topological polar surface area (TPSA) is 59.0 Å². The van der Waals surface area contributed by atoms with Gasteiger partial charge < -0.3 is 10.5 Å². The number of hydrogen-bond acceptors (Lipinski definition) is 3. The molecule has 0 aromatic heterocycles. The summed E-state index contributed by atoms with van der Waals surface area (Å²) in [6.07, 6.45) is 1.93. The summed E-state index contributed by atoms with van der Waals surface area (Å²) in [5, 5.41) is 8.83. The fourth-order valence-electron chi connectivity index (χ4n) is 2.68. The van der Waals surface area contributed by atoms with E-state index in [1.54, 1.807) is 6.07 Å². The van der Waals surface area contributed by atoms with E-state index >= 15 is 0 Å². The van der Waals surface area contributed by atoms with E-state index in [4.69, 9.17) is 15.7 Å². The number of nitrogens with two attached hydrogens (primary N) is 1. The first-order chi connectivity index (χ1) is 10.2. The first-order valence-electron chi connectivity index (χ1n) is 6.86. The molecule has 3 nitrogen and oxygen atoms in total. The van der Waals surface area contributed by atoms with Crippen LogP contribution in [0.15, 0.2) is 36.4 Å². The summed E-state index contributed by atoms with van der Waals surface area (Å²) in [6, 6.07) is 12.1. The van der Waals surface area contributed by atoms with Crippen LogP contribution < -0.4 is 10.5 Å². The third kappa shape index (κ3) is 2.88. The van der Waals surface area contributed by atoms with Crippen LogP contribution in [0.5, 0.6) is 5.75 Å². The third-order valence-corrected chi connectivity index (χ3v) is 3.73. The molecule has 0 amide bonds. The zero-order chi connectivity index (χ0) is 14.8. The monoisotopic (exact) mass is 282 g/mol. The lowest BCUT2D eigenvalue weighted by molar-refractivity contribution is 0.305. The van der Waals surface area contributed by atoms with Gasteiger partial charge in [-0.25, -0.2) is 4.39 Å². The molecule has 0 bridgehead atoms. The Labute approximate surface area is 122 Å². The summed E-state index contributed by atoms with van der Waals surface area (Å²) < 4.78 is 19.0. The molecule has 2 aromatic rings. The average Bonchev–Trinajstić information content (AvgIpc) is 2.85. The highest BCUT2D eigenvalue weighted by Gasteiger charge is 2.19. The molecular weight excluding hydrogens is 267 g/mol. The predicted octanol–water partition coefficient (Wildman–Crippen LogP) is 3.22. The Balaban J connectivity index is 1.74. The quantitative estimate of drug-likeness (QED) is 0.940. The summed E-state index contributed by atoms with van der Waals surface area (Å²) in [7, 11) is 0. The molecule has 0 unspecified atom stereocenters. The van der Waals surface area contributed by atoms with Crippen LogP contribution in [0.2, 0.25) is 0 Å². The number of hydrogen-bond donors (Lipinski definition) is 1. The number of ether oxygens (including phenoxy) is 1. The highest BCUT2D eigenvalue weighted by atomic mass is 19.1. The van der Waals surface area contributed by atoms with E-state index in [1.165, 1.54) is 23.3 Å². The summed E-state index contributed by atoms with van der Waals surface area (Å²) in [5.74, 6) is 0.318. The van der Waals surface area contributed by atoms with Crippen LogP contribution in [0.25, 0.3) is 0 Å². The number of benzene rings is 2. The molecule has 2 aromatic carbocycles. The van der Waals surface area contributed by atoms with Crippen LogP contribution >= 0.6 is 0 Å². The van der Waals surface area contributed by atoms with Crippen molar-refractivity contribution >= 4 is 0 Å². The molecule has 0 spiro atoms. The van der Waals surface area contributed by atoms with Gasteiger partial charge in [-0.15, -0.1) is 0 Å². The molecule has 0 saturated heterocycles. The van der Waals surface area contributed by atoms with E-state index in [1.807, 2.05) is 24.3 Å². The SMILES string of the molecule is N#Cc1cc(F)cc(COc2ccc3c(c2)CC[C@H]3N)c1. The molecule has 0 saturated carbocycles. The summed E-state index contributed by atoms with van der Waals surface area (Å²) in [4.78, 5) is 0. The number of fused-ring (bicyclic) bond motifs is 1. The van der Waals surface area contributed by atoms with Gasteiger partial charge in [0.2, 0.25) is 0 Å². The Bertz CT molecular complexity index is 721. The summed E-state index contributed by atoms with van der Waals surface area (Å²) in [5.41, 5.74) is 9.34. The van der Waals surface area contributed by atoms with Gasteiger partial charge in [0.15, 0.2) is 0 Å². The van der Waals surface area contributed by atoms with E-state index in [0.717, 1.165) is 18.6 Å². The van der Waals surface area contributed by atoms with E-state index in [-0.39, 0.29) is 12.6 Å². The smallest absolute Gasteiger partial charge is 0.124 e. The molecule has 4 heteroatoms. The maximum absolute atomic E-state index is 13.3. The maximum atomic E-state index is 13.3. The molecule has 0 fully saturated rings. The van der Waals surface area contributed by atoms with Crippen molar-refractivity contribution in [1.82, 2.24) is 0 Å². The molecule has 0 radical (unpaired) electrons. The molecule has 1 aliphatic carbocycles. The lowest BCUT2D eigenvalue weighted by atomic mass is 10.1. The maximum Gasteiger partial charge on any atom is 0.124 e. The predicted molar refractivity (Wildman–Crippen MR) is 77.1 cm³/mol. The van der Waals surface area contributed by atoms with Crippen molar-refractivity contribution in [3.63, 3.8) is 0 Å². The molecule has 1 aliphatic rings. The van der Waals surface area contributed by atoms with Crippen molar-refractivity contribution in [2.45, 2.75) is 25.5 Å². The lowest BCUT2D eigenvalue weighted by Gasteiger charge is -2.10. The van der Waals surface area contributed by atoms with Crippen LogP contribution in [0.4, 0.5) is 4.39 Å². The fourth-order valence-corrected chi connectivity index (χ4v) is 2.68. The molecule has 21 heavy (non-hydrogen) atoms. The molecule has 0 heterocycles. The van der Waals surface area contributed by atoms with Crippen molar-refractivity contribution in [3.8, 4) is 11.8 Å². The van der Waals surface area contributed by atoms with Crippen LogP contribution in [0.3, 0.4) is 0 Å². The number of aryl methyl sites for hydroxylation is 1. The second-order valence-corrected chi connectivity index (χ2v) is 5.25. The molecule has 3 rings (SSSR count).